The van der Waals surface area contributed by atoms with Gasteiger partial charge in [-0.3, -0.25) is 9.36 Å². The van der Waals surface area contributed by atoms with Crippen LogP contribution in [-0.4, -0.2) is 51.3 Å². The van der Waals surface area contributed by atoms with Crippen molar-refractivity contribution in [2.45, 2.75) is 6.10 Å². The second-order valence-electron chi connectivity index (χ2n) is 2.38. The average molecular weight is 213 g/mol. The average Bonchev–Trinajstić information content (AvgIpc) is 2.00. The molecule has 1 amide bonds. The van der Waals surface area contributed by atoms with E-state index < -0.39 is 32.4 Å². The van der Waals surface area contributed by atoms with Crippen molar-refractivity contribution in [2.24, 2.45) is 0 Å². The highest BCUT2D eigenvalue weighted by Crippen LogP contribution is 2.32. The van der Waals surface area contributed by atoms with Gasteiger partial charge in [-0.05, 0) is 0 Å². The first kappa shape index (κ1) is 12.5. The lowest BCUT2D eigenvalue weighted by atomic mass is 10.3. The van der Waals surface area contributed by atoms with Crippen molar-refractivity contribution in [3.8, 4) is 0 Å². The molecule has 0 fully saturated rings. The van der Waals surface area contributed by atoms with E-state index in [0.717, 1.165) is 0 Å². The molecule has 5 N–H and O–H groups in total. The van der Waals surface area contributed by atoms with Crippen molar-refractivity contribution in [3.63, 3.8) is 0 Å². The van der Waals surface area contributed by atoms with Gasteiger partial charge in [0.2, 0.25) is 0 Å². The summed E-state index contributed by atoms with van der Waals surface area (Å²) < 4.78 is 10.3. The van der Waals surface area contributed by atoms with Crippen LogP contribution in [0.3, 0.4) is 0 Å². The van der Waals surface area contributed by atoms with Crippen molar-refractivity contribution in [2.75, 3.05) is 19.3 Å². The van der Waals surface area contributed by atoms with E-state index in [0.29, 0.717) is 0 Å². The van der Waals surface area contributed by atoms with Crippen LogP contribution in [0, 0.1) is 0 Å². The van der Waals surface area contributed by atoms with Crippen molar-refractivity contribution < 1.29 is 29.4 Å². The summed E-state index contributed by atoms with van der Waals surface area (Å²) >= 11 is 0. The van der Waals surface area contributed by atoms with Crippen LogP contribution < -0.4 is 5.32 Å². The monoisotopic (exact) mass is 213 g/mol. The summed E-state index contributed by atoms with van der Waals surface area (Å²) in [7, 11) is -4.12. The molecule has 0 spiro atoms. The Morgan fingerprint density at radius 1 is 1.46 bits per heavy atom. The minimum atomic E-state index is -4.12. The van der Waals surface area contributed by atoms with E-state index in [2.05, 4.69) is 0 Å². The Morgan fingerprint density at radius 2 is 2.00 bits per heavy atom. The van der Waals surface area contributed by atoms with Crippen LogP contribution in [0.25, 0.3) is 0 Å². The molecular weight excluding hydrogens is 201 g/mol. The van der Waals surface area contributed by atoms with Crippen LogP contribution in [0.2, 0.25) is 0 Å². The second-order valence-corrected chi connectivity index (χ2v) is 4.15. The maximum Gasteiger partial charge on any atom is 0.327 e. The molecule has 7 nitrogen and oxygen atoms in total. The predicted octanol–water partition coefficient (Wildman–Crippen LogP) is -2.37. The summed E-state index contributed by atoms with van der Waals surface area (Å²) in [5.41, 5.74) is 0. The normalized spacial score (nSPS) is 13.8. The van der Waals surface area contributed by atoms with E-state index in [1.807, 2.05) is 5.32 Å². The summed E-state index contributed by atoms with van der Waals surface area (Å²) in [5, 5.41) is 19.0. The first-order chi connectivity index (χ1) is 5.87. The molecule has 8 heteroatoms. The highest BCUT2D eigenvalue weighted by molar-refractivity contribution is 7.51. The van der Waals surface area contributed by atoms with Crippen LogP contribution in [0.5, 0.6) is 0 Å². The molecular formula is C5H12NO6P. The van der Waals surface area contributed by atoms with Gasteiger partial charge < -0.3 is 25.3 Å². The lowest BCUT2D eigenvalue weighted by Crippen LogP contribution is -2.38. The van der Waals surface area contributed by atoms with E-state index in [9.17, 15) is 9.36 Å². The molecule has 0 radical (unpaired) electrons. The van der Waals surface area contributed by atoms with Gasteiger partial charge in [0.05, 0.1) is 12.8 Å². The molecule has 0 aliphatic carbocycles. The number of carbonyl (C=O) groups is 1. The van der Waals surface area contributed by atoms with Gasteiger partial charge in [-0.1, -0.05) is 0 Å². The fourth-order valence-corrected chi connectivity index (χ4v) is 0.929. The van der Waals surface area contributed by atoms with Gasteiger partial charge in [-0.25, -0.2) is 0 Å². The molecule has 0 saturated carbocycles. The van der Waals surface area contributed by atoms with Crippen LogP contribution in [0.4, 0.5) is 0 Å². The van der Waals surface area contributed by atoms with Gasteiger partial charge in [0.15, 0.2) is 6.10 Å². The maximum atomic E-state index is 10.7. The standard InChI is InChI=1S/C5H12NO6P/c7-3-4(8)5(9)6-1-2-13(10,11)12/h4,7-8H,1-3H2,(H,6,9)(H2,10,11,12). The van der Waals surface area contributed by atoms with Gasteiger partial charge in [0.25, 0.3) is 5.91 Å². The number of carbonyl (C=O) groups excluding carboxylic acids is 1. The quantitative estimate of drug-likeness (QED) is 0.325. The van der Waals surface area contributed by atoms with E-state index in [1.165, 1.54) is 0 Å². The molecule has 13 heavy (non-hydrogen) atoms. The number of nitrogens with one attached hydrogen (secondary N) is 1. The third-order valence-corrected chi connectivity index (χ3v) is 1.98. The highest BCUT2D eigenvalue weighted by Gasteiger charge is 2.16. The smallest absolute Gasteiger partial charge is 0.327 e. The molecule has 0 aliphatic rings. The summed E-state index contributed by atoms with van der Waals surface area (Å²) in [6, 6.07) is 0. The van der Waals surface area contributed by atoms with E-state index in [-0.39, 0.29) is 6.54 Å². The first-order valence-corrected chi connectivity index (χ1v) is 5.28. The van der Waals surface area contributed by atoms with E-state index >= 15 is 0 Å². The minimum Gasteiger partial charge on any atom is -0.393 e. The number of hydrogen-bond donors (Lipinski definition) is 5. The number of rotatable bonds is 5. The lowest BCUT2D eigenvalue weighted by molar-refractivity contribution is -0.131. The van der Waals surface area contributed by atoms with E-state index in [1.54, 1.807) is 0 Å². The maximum absolute atomic E-state index is 10.7. The van der Waals surface area contributed by atoms with Crippen LogP contribution in [0.1, 0.15) is 0 Å². The lowest BCUT2D eigenvalue weighted by Gasteiger charge is -2.08. The molecule has 0 saturated heterocycles. The Bertz CT molecular complexity index is 213. The summed E-state index contributed by atoms with van der Waals surface area (Å²) in [6.07, 6.45) is -2.03. The summed E-state index contributed by atoms with van der Waals surface area (Å²) in [6.45, 7) is -0.956. The molecule has 0 aromatic carbocycles. The topological polar surface area (TPSA) is 127 Å². The van der Waals surface area contributed by atoms with Crippen molar-refractivity contribution in [1.82, 2.24) is 5.32 Å². The summed E-state index contributed by atoms with van der Waals surface area (Å²) in [4.78, 5) is 27.4. The van der Waals surface area contributed by atoms with Crippen molar-refractivity contribution in [1.29, 1.82) is 0 Å². The zero-order valence-corrected chi connectivity index (χ0v) is 7.65. The van der Waals surface area contributed by atoms with Crippen LogP contribution in [0.15, 0.2) is 0 Å². The number of aliphatic hydroxyl groups excluding tert-OH is 2. The van der Waals surface area contributed by atoms with Gasteiger partial charge >= 0.3 is 7.60 Å². The summed E-state index contributed by atoms with van der Waals surface area (Å²) in [5.74, 6) is -0.851. The SMILES string of the molecule is O=C(NCCP(=O)(O)O)C(O)CO. The fraction of sp³-hybridized carbons (Fsp3) is 0.800. The molecule has 0 aliphatic heterocycles. The third kappa shape index (κ3) is 6.68. The van der Waals surface area contributed by atoms with Gasteiger partial charge in [-0.2, -0.15) is 0 Å². The Kier molecular flexibility index (Phi) is 5.12. The molecule has 0 aromatic rings. The zero-order chi connectivity index (χ0) is 10.5. The van der Waals surface area contributed by atoms with Crippen LogP contribution in [-0.2, 0) is 9.36 Å². The van der Waals surface area contributed by atoms with E-state index in [4.69, 9.17) is 20.0 Å². The van der Waals surface area contributed by atoms with Crippen LogP contribution >= 0.6 is 7.60 Å². The number of amides is 1. The Hall–Kier alpha value is -0.460. The van der Waals surface area contributed by atoms with Crippen molar-refractivity contribution >= 4 is 13.5 Å². The molecule has 1 atom stereocenters. The van der Waals surface area contributed by atoms with Crippen molar-refractivity contribution in [3.05, 3.63) is 0 Å². The molecule has 0 aromatic heterocycles. The number of aliphatic hydroxyl groups is 2. The molecule has 0 heterocycles. The highest BCUT2D eigenvalue weighted by atomic mass is 31.2. The Morgan fingerprint density at radius 3 is 2.38 bits per heavy atom. The molecule has 0 rings (SSSR count). The largest absolute Gasteiger partial charge is 0.393 e. The predicted molar refractivity (Wildman–Crippen MR) is 43.0 cm³/mol. The zero-order valence-electron chi connectivity index (χ0n) is 6.75. The number of hydrogen-bond acceptors (Lipinski definition) is 4. The first-order valence-electron chi connectivity index (χ1n) is 3.48. The molecule has 78 valence electrons. The Labute approximate surface area is 74.6 Å². The van der Waals surface area contributed by atoms with Gasteiger partial charge in [-0.15, -0.1) is 0 Å². The Balaban J connectivity index is 3.66. The minimum absolute atomic E-state index is 0.236. The molecule has 1 unspecified atom stereocenters. The van der Waals surface area contributed by atoms with Gasteiger partial charge in [0, 0.05) is 6.54 Å². The second kappa shape index (κ2) is 5.31. The third-order valence-electron chi connectivity index (χ3n) is 1.18. The fourth-order valence-electron chi connectivity index (χ4n) is 0.525. The van der Waals surface area contributed by atoms with Gasteiger partial charge in [0.1, 0.15) is 0 Å². The molecule has 0 bridgehead atoms.